The van der Waals surface area contributed by atoms with Gasteiger partial charge in [-0.2, -0.15) is 13.9 Å². The summed E-state index contributed by atoms with van der Waals surface area (Å²) in [5.41, 5.74) is 3.26. The van der Waals surface area contributed by atoms with Crippen LogP contribution in [0.1, 0.15) is 50.0 Å². The fourth-order valence-electron chi connectivity index (χ4n) is 5.80. The Morgan fingerprint density at radius 1 is 1.13 bits per heavy atom. The van der Waals surface area contributed by atoms with Crippen LogP contribution >= 0.6 is 0 Å². The lowest BCUT2D eigenvalue weighted by molar-refractivity contribution is -0.144. The maximum absolute atomic E-state index is 13.8. The molecule has 1 unspecified atom stereocenters. The maximum Gasteiger partial charge on any atom is 0.321 e. The second-order valence-electron chi connectivity index (χ2n) is 12.2. The molecule has 2 N–H and O–H groups in total. The van der Waals surface area contributed by atoms with Gasteiger partial charge in [0.25, 0.3) is 11.8 Å². The molecule has 244 valence electrons. The first-order chi connectivity index (χ1) is 22.5. The Bertz CT molecular complexity index is 1850. The van der Waals surface area contributed by atoms with Gasteiger partial charge in [0.15, 0.2) is 6.79 Å². The van der Waals surface area contributed by atoms with Crippen molar-refractivity contribution >= 4 is 22.7 Å². The van der Waals surface area contributed by atoms with Gasteiger partial charge in [0.05, 0.1) is 29.9 Å². The molecule has 4 aromatic rings. The quantitative estimate of drug-likeness (QED) is 0.217. The number of allylic oxidation sites excluding steroid dienone is 2. The van der Waals surface area contributed by atoms with Crippen molar-refractivity contribution in [1.82, 2.24) is 20.4 Å². The van der Waals surface area contributed by atoms with Crippen LogP contribution in [0.25, 0.3) is 10.9 Å². The zero-order chi connectivity index (χ0) is 33.2. The molecule has 3 atom stereocenters. The number of carbonyl (C=O) groups excluding carboxylic acids is 2. The molecule has 11 heteroatoms. The van der Waals surface area contributed by atoms with Crippen molar-refractivity contribution in [3.05, 3.63) is 113 Å². The van der Waals surface area contributed by atoms with Crippen molar-refractivity contribution in [2.75, 3.05) is 6.79 Å². The minimum atomic E-state index is -3.55. The molecule has 0 fully saturated rings. The number of nitrogens with one attached hydrogen (secondary N) is 2. The lowest BCUT2D eigenvalue weighted by atomic mass is 9.89. The number of ether oxygens (including phenoxy) is 3. The first-order valence-electron chi connectivity index (χ1n) is 15.4. The number of aromatic nitrogens is 2. The highest BCUT2D eigenvalue weighted by molar-refractivity contribution is 5.96. The van der Waals surface area contributed by atoms with E-state index < -0.39 is 29.5 Å². The van der Waals surface area contributed by atoms with Gasteiger partial charge >= 0.3 is 5.92 Å². The van der Waals surface area contributed by atoms with Crippen LogP contribution in [0, 0.1) is 0 Å². The highest BCUT2D eigenvalue weighted by Crippen LogP contribution is 2.35. The molecule has 9 nitrogen and oxygen atoms in total. The third-order valence-electron chi connectivity index (χ3n) is 8.33. The lowest BCUT2D eigenvalue weighted by Gasteiger charge is -2.30. The molecule has 47 heavy (non-hydrogen) atoms. The van der Waals surface area contributed by atoms with Crippen LogP contribution in [0.4, 0.5) is 8.78 Å². The van der Waals surface area contributed by atoms with E-state index in [0.717, 1.165) is 22.0 Å². The van der Waals surface area contributed by atoms with Crippen LogP contribution in [-0.4, -0.2) is 40.4 Å². The Hall–Kier alpha value is -5.03. The fourth-order valence-corrected chi connectivity index (χ4v) is 5.80. The molecule has 6 rings (SSSR count). The summed E-state index contributed by atoms with van der Waals surface area (Å²) >= 11 is 0. The number of halogens is 2. The Kier molecular flexibility index (Phi) is 8.83. The third kappa shape index (κ3) is 7.05. The average molecular weight is 643 g/mol. The van der Waals surface area contributed by atoms with Gasteiger partial charge in [-0.3, -0.25) is 14.3 Å². The fraction of sp³-hybridized carbons (Fsp3) is 0.306. The second-order valence-corrected chi connectivity index (χ2v) is 12.2. The molecular weight excluding hydrogens is 606 g/mol. The van der Waals surface area contributed by atoms with Gasteiger partial charge < -0.3 is 24.8 Å². The van der Waals surface area contributed by atoms with E-state index >= 15 is 0 Å². The number of hydrogen-bond donors (Lipinski definition) is 2. The van der Waals surface area contributed by atoms with Crippen LogP contribution in [0.5, 0.6) is 11.5 Å². The number of carbonyl (C=O) groups is 2. The smallest absolute Gasteiger partial charge is 0.321 e. The SMILES string of the molecule is C[C@H](NC(=O)C(C)(F)F)[C@H](Oc1ccc2c(cnn2C2(C)C=C(C(=O)NCc3ccccc3)C=CC2)c1)c1ccc2c(c1)OCOC2. The van der Waals surface area contributed by atoms with Crippen LogP contribution in [0.15, 0.2) is 96.7 Å². The molecule has 3 aromatic carbocycles. The number of alkyl halides is 2. The standard InChI is InChI=1S/C36H36F2N4O5/c1-23(41-34(44)36(3,37)38)32(25-11-12-27-21-45-22-46-31(27)17-25)47-29-13-14-30-28(16-29)20-40-42(30)35(2)15-7-10-26(18-35)33(43)39-19-24-8-5-4-6-9-24/h4-14,16-18,20,23,32H,15,19,21-22H2,1-3H3,(H,39,43)(H,41,44)/t23-,32-,35?/m0/s1. The molecule has 1 aliphatic carbocycles. The molecule has 0 saturated carbocycles. The predicted molar refractivity (Wildman–Crippen MR) is 172 cm³/mol. The van der Waals surface area contributed by atoms with E-state index in [4.69, 9.17) is 14.2 Å². The number of nitrogens with zero attached hydrogens (tertiary/aromatic N) is 2. The first-order valence-corrected chi connectivity index (χ1v) is 15.4. The summed E-state index contributed by atoms with van der Waals surface area (Å²) < 4.78 is 46.9. The number of hydrogen-bond acceptors (Lipinski definition) is 6. The molecule has 0 bridgehead atoms. The summed E-state index contributed by atoms with van der Waals surface area (Å²) in [5.74, 6) is -4.05. The predicted octanol–water partition coefficient (Wildman–Crippen LogP) is 6.10. The van der Waals surface area contributed by atoms with E-state index in [1.165, 1.54) is 0 Å². The van der Waals surface area contributed by atoms with Gasteiger partial charge in [-0.25, -0.2) is 0 Å². The van der Waals surface area contributed by atoms with Gasteiger partial charge in [-0.05, 0) is 61.7 Å². The van der Waals surface area contributed by atoms with E-state index in [1.807, 2.05) is 84.4 Å². The number of benzene rings is 3. The van der Waals surface area contributed by atoms with E-state index in [0.29, 0.717) is 49.1 Å². The van der Waals surface area contributed by atoms with Crippen molar-refractivity contribution in [1.29, 1.82) is 0 Å². The van der Waals surface area contributed by atoms with Crippen LogP contribution in [0.2, 0.25) is 0 Å². The van der Waals surface area contributed by atoms with Crippen molar-refractivity contribution in [3.63, 3.8) is 0 Å². The maximum atomic E-state index is 13.8. The van der Waals surface area contributed by atoms with Crippen molar-refractivity contribution in [3.8, 4) is 11.5 Å². The zero-order valence-corrected chi connectivity index (χ0v) is 26.3. The van der Waals surface area contributed by atoms with Crippen LogP contribution in [0.3, 0.4) is 0 Å². The van der Waals surface area contributed by atoms with Gasteiger partial charge in [0.2, 0.25) is 0 Å². The van der Waals surface area contributed by atoms with Gasteiger partial charge in [-0.1, -0.05) is 54.6 Å². The van der Waals surface area contributed by atoms with E-state index in [9.17, 15) is 18.4 Å². The Morgan fingerprint density at radius 3 is 2.72 bits per heavy atom. The van der Waals surface area contributed by atoms with Crippen LogP contribution in [-0.2, 0) is 33.0 Å². The average Bonchev–Trinajstić information content (AvgIpc) is 3.50. The highest BCUT2D eigenvalue weighted by Gasteiger charge is 2.36. The van der Waals surface area contributed by atoms with Crippen molar-refractivity contribution in [2.24, 2.45) is 0 Å². The van der Waals surface area contributed by atoms with Crippen molar-refractivity contribution < 1.29 is 32.6 Å². The Morgan fingerprint density at radius 2 is 1.94 bits per heavy atom. The summed E-state index contributed by atoms with van der Waals surface area (Å²) in [5, 5.41) is 10.9. The molecule has 2 aliphatic rings. The van der Waals surface area contributed by atoms with Gasteiger partial charge in [-0.15, -0.1) is 0 Å². The third-order valence-corrected chi connectivity index (χ3v) is 8.33. The van der Waals surface area contributed by atoms with E-state index in [-0.39, 0.29) is 12.7 Å². The summed E-state index contributed by atoms with van der Waals surface area (Å²) in [4.78, 5) is 25.3. The minimum Gasteiger partial charge on any atom is -0.484 e. The summed E-state index contributed by atoms with van der Waals surface area (Å²) in [7, 11) is 0. The normalized spacial score (nSPS) is 18.8. The molecule has 0 saturated heterocycles. The molecular formula is C36H36F2N4O5. The molecule has 1 aromatic heterocycles. The number of amides is 2. The Balaban J connectivity index is 1.25. The van der Waals surface area contributed by atoms with Crippen LogP contribution < -0.4 is 20.1 Å². The first kappa shape index (κ1) is 31.9. The molecule has 1 aliphatic heterocycles. The van der Waals surface area contributed by atoms with Gasteiger partial charge in [0, 0.05) is 30.0 Å². The largest absolute Gasteiger partial charge is 0.484 e. The minimum absolute atomic E-state index is 0.0979. The topological polar surface area (TPSA) is 104 Å². The Labute approximate surface area is 271 Å². The molecule has 2 amide bonds. The lowest BCUT2D eigenvalue weighted by Crippen LogP contribution is -2.46. The summed E-state index contributed by atoms with van der Waals surface area (Å²) in [6.45, 7) is 5.10. The van der Waals surface area contributed by atoms with E-state index in [1.54, 1.807) is 25.3 Å². The second kappa shape index (κ2) is 13.0. The monoisotopic (exact) mass is 642 g/mol. The van der Waals surface area contributed by atoms with Crippen molar-refractivity contribution in [2.45, 2.75) is 64.0 Å². The molecule has 0 radical (unpaired) electrons. The number of fused-ring (bicyclic) bond motifs is 2. The number of rotatable bonds is 10. The zero-order valence-electron chi connectivity index (χ0n) is 26.3. The van der Waals surface area contributed by atoms with E-state index in [2.05, 4.69) is 15.7 Å². The highest BCUT2D eigenvalue weighted by atomic mass is 19.3. The van der Waals surface area contributed by atoms with Gasteiger partial charge in [0.1, 0.15) is 17.6 Å². The summed E-state index contributed by atoms with van der Waals surface area (Å²) in [6.07, 6.45) is 7.25. The molecule has 2 heterocycles. The molecule has 0 spiro atoms. The summed E-state index contributed by atoms with van der Waals surface area (Å²) in [6, 6.07) is 19.8.